The first-order chi connectivity index (χ1) is 6.06. The molecule has 0 saturated carbocycles. The van der Waals surface area contributed by atoms with Gasteiger partial charge in [-0.3, -0.25) is 0 Å². The molecule has 0 heterocycles. The van der Waals surface area contributed by atoms with Gasteiger partial charge in [0.25, 0.3) is 0 Å². The van der Waals surface area contributed by atoms with Crippen molar-refractivity contribution < 1.29 is 9.90 Å². The molecule has 0 atom stereocenters. The Bertz CT molecular complexity index is 329. The molecule has 0 unspecified atom stereocenters. The highest BCUT2D eigenvalue weighted by Crippen LogP contribution is 2.26. The number of carboxylic acid groups (broad SMARTS) is 1. The van der Waals surface area contributed by atoms with Crippen molar-refractivity contribution in [3.63, 3.8) is 0 Å². The van der Waals surface area contributed by atoms with Gasteiger partial charge in [0.1, 0.15) is 0 Å². The van der Waals surface area contributed by atoms with Gasteiger partial charge in [-0.15, -0.1) is 0 Å². The summed E-state index contributed by atoms with van der Waals surface area (Å²) in [5, 5.41) is 8.72. The molecule has 13 heavy (non-hydrogen) atoms. The van der Waals surface area contributed by atoms with E-state index in [0.29, 0.717) is 15.5 Å². The van der Waals surface area contributed by atoms with E-state index in [2.05, 4.69) is 31.9 Å². The molecular formula is C8H7Br2NO2. The lowest BCUT2D eigenvalue weighted by molar-refractivity contribution is 0.0696. The van der Waals surface area contributed by atoms with E-state index < -0.39 is 5.97 Å². The van der Waals surface area contributed by atoms with E-state index >= 15 is 0 Å². The summed E-state index contributed by atoms with van der Waals surface area (Å²) >= 11 is 6.51. The monoisotopic (exact) mass is 307 g/mol. The maximum absolute atomic E-state index is 10.6. The largest absolute Gasteiger partial charge is 0.478 e. The number of aromatic carboxylic acids is 1. The fraction of sp³-hybridized carbons (Fsp3) is 0.125. The van der Waals surface area contributed by atoms with Crippen molar-refractivity contribution >= 4 is 37.8 Å². The molecule has 1 aromatic carbocycles. The van der Waals surface area contributed by atoms with E-state index in [1.165, 1.54) is 12.1 Å². The van der Waals surface area contributed by atoms with Crippen LogP contribution in [0.4, 0.5) is 0 Å². The lowest BCUT2D eigenvalue weighted by atomic mass is 10.1. The highest BCUT2D eigenvalue weighted by Gasteiger charge is 2.09. The molecule has 5 heteroatoms. The molecule has 1 rings (SSSR count). The van der Waals surface area contributed by atoms with Crippen LogP contribution in [-0.2, 0) is 6.54 Å². The van der Waals surface area contributed by atoms with Crippen LogP contribution in [-0.4, -0.2) is 11.1 Å². The van der Waals surface area contributed by atoms with E-state index in [-0.39, 0.29) is 5.56 Å². The maximum Gasteiger partial charge on any atom is 0.335 e. The number of carboxylic acids is 1. The highest BCUT2D eigenvalue weighted by atomic mass is 79.9. The van der Waals surface area contributed by atoms with Crippen LogP contribution < -0.4 is 5.73 Å². The number of carbonyl (C=O) groups is 1. The predicted molar refractivity (Wildman–Crippen MR) is 56.7 cm³/mol. The van der Waals surface area contributed by atoms with Crippen molar-refractivity contribution in [2.24, 2.45) is 5.73 Å². The Morgan fingerprint density at radius 2 is 1.85 bits per heavy atom. The van der Waals surface area contributed by atoms with Gasteiger partial charge in [-0.2, -0.15) is 0 Å². The number of benzene rings is 1. The van der Waals surface area contributed by atoms with E-state index in [9.17, 15) is 4.79 Å². The molecule has 0 aliphatic heterocycles. The molecule has 0 spiro atoms. The van der Waals surface area contributed by atoms with E-state index in [4.69, 9.17) is 10.8 Å². The third kappa shape index (κ3) is 2.30. The summed E-state index contributed by atoms with van der Waals surface area (Å²) in [6.07, 6.45) is 0. The molecule has 0 amide bonds. The first kappa shape index (κ1) is 10.7. The van der Waals surface area contributed by atoms with Crippen LogP contribution in [0, 0.1) is 0 Å². The van der Waals surface area contributed by atoms with Crippen LogP contribution in [0.1, 0.15) is 15.9 Å². The van der Waals surface area contributed by atoms with Crippen molar-refractivity contribution in [2.75, 3.05) is 0 Å². The second kappa shape index (κ2) is 4.21. The van der Waals surface area contributed by atoms with Crippen molar-refractivity contribution in [3.8, 4) is 0 Å². The first-order valence-corrected chi connectivity index (χ1v) is 5.06. The molecule has 1 aromatic rings. The van der Waals surface area contributed by atoms with E-state index in [0.717, 1.165) is 5.56 Å². The molecule has 0 saturated heterocycles. The minimum atomic E-state index is -0.954. The van der Waals surface area contributed by atoms with Gasteiger partial charge in [0.05, 0.1) is 5.56 Å². The average molecular weight is 309 g/mol. The number of halogens is 2. The van der Waals surface area contributed by atoms with Crippen molar-refractivity contribution in [1.82, 2.24) is 0 Å². The molecule has 0 bridgehead atoms. The van der Waals surface area contributed by atoms with Gasteiger partial charge < -0.3 is 10.8 Å². The summed E-state index contributed by atoms with van der Waals surface area (Å²) in [6.45, 7) is 0.362. The maximum atomic E-state index is 10.6. The third-order valence-corrected chi connectivity index (χ3v) is 3.01. The number of hydrogen-bond acceptors (Lipinski definition) is 2. The van der Waals surface area contributed by atoms with Gasteiger partial charge in [0, 0.05) is 15.5 Å². The number of rotatable bonds is 2. The minimum Gasteiger partial charge on any atom is -0.478 e. The second-order valence-corrected chi connectivity index (χ2v) is 4.14. The van der Waals surface area contributed by atoms with Crippen LogP contribution in [0.3, 0.4) is 0 Å². The summed E-state index contributed by atoms with van der Waals surface area (Å²) in [4.78, 5) is 10.6. The van der Waals surface area contributed by atoms with Gasteiger partial charge in [-0.25, -0.2) is 4.79 Å². The fourth-order valence-electron chi connectivity index (χ4n) is 0.922. The minimum absolute atomic E-state index is 0.232. The Kier molecular flexibility index (Phi) is 3.47. The normalized spacial score (nSPS) is 10.1. The van der Waals surface area contributed by atoms with Crippen molar-refractivity contribution in [2.45, 2.75) is 6.54 Å². The Balaban J connectivity index is 3.28. The Morgan fingerprint density at radius 1 is 1.38 bits per heavy atom. The SMILES string of the molecule is NCc1c(Br)cc(C(=O)O)cc1Br. The zero-order valence-electron chi connectivity index (χ0n) is 6.55. The predicted octanol–water partition coefficient (Wildman–Crippen LogP) is 2.37. The summed E-state index contributed by atoms with van der Waals surface area (Å²) in [5.41, 5.74) is 6.57. The Hall–Kier alpha value is -0.390. The Morgan fingerprint density at radius 3 is 2.15 bits per heavy atom. The third-order valence-electron chi connectivity index (χ3n) is 1.59. The molecular weight excluding hydrogens is 302 g/mol. The zero-order chi connectivity index (χ0) is 10.0. The summed E-state index contributed by atoms with van der Waals surface area (Å²) in [5.74, 6) is -0.954. The molecule has 3 nitrogen and oxygen atoms in total. The summed E-state index contributed by atoms with van der Waals surface area (Å²) < 4.78 is 1.42. The van der Waals surface area contributed by atoms with Crippen molar-refractivity contribution in [1.29, 1.82) is 0 Å². The molecule has 0 aliphatic carbocycles. The first-order valence-electron chi connectivity index (χ1n) is 3.47. The van der Waals surface area contributed by atoms with Crippen LogP contribution in [0.15, 0.2) is 21.1 Å². The van der Waals surface area contributed by atoms with Crippen LogP contribution >= 0.6 is 31.9 Å². The van der Waals surface area contributed by atoms with Gasteiger partial charge in [-0.05, 0) is 17.7 Å². The highest BCUT2D eigenvalue weighted by molar-refractivity contribution is 9.11. The molecule has 3 N–H and O–H groups in total. The smallest absolute Gasteiger partial charge is 0.335 e. The van der Waals surface area contributed by atoms with Crippen LogP contribution in [0.2, 0.25) is 0 Å². The van der Waals surface area contributed by atoms with E-state index in [1.807, 2.05) is 0 Å². The zero-order valence-corrected chi connectivity index (χ0v) is 9.72. The van der Waals surface area contributed by atoms with Gasteiger partial charge in [0.15, 0.2) is 0 Å². The quantitative estimate of drug-likeness (QED) is 0.881. The lowest BCUT2D eigenvalue weighted by Gasteiger charge is -2.05. The standard InChI is InChI=1S/C8H7Br2NO2/c9-6-1-4(8(12)13)2-7(10)5(6)3-11/h1-2H,3,11H2,(H,12,13). The molecule has 0 radical (unpaired) electrons. The summed E-state index contributed by atoms with van der Waals surface area (Å²) in [6, 6.07) is 3.07. The second-order valence-electron chi connectivity index (χ2n) is 2.43. The molecule has 70 valence electrons. The molecule has 0 fully saturated rings. The van der Waals surface area contributed by atoms with Crippen LogP contribution in [0.5, 0.6) is 0 Å². The number of nitrogens with two attached hydrogens (primary N) is 1. The van der Waals surface area contributed by atoms with Crippen LogP contribution in [0.25, 0.3) is 0 Å². The van der Waals surface area contributed by atoms with Gasteiger partial charge in [0.2, 0.25) is 0 Å². The van der Waals surface area contributed by atoms with Gasteiger partial charge >= 0.3 is 5.97 Å². The lowest BCUT2D eigenvalue weighted by Crippen LogP contribution is -2.02. The van der Waals surface area contributed by atoms with Gasteiger partial charge in [-0.1, -0.05) is 31.9 Å². The average Bonchev–Trinajstić information content (AvgIpc) is 2.03. The summed E-state index contributed by atoms with van der Waals surface area (Å²) in [7, 11) is 0. The molecule has 0 aliphatic rings. The fourth-order valence-corrected chi connectivity index (χ4v) is 2.43. The topological polar surface area (TPSA) is 63.3 Å². The van der Waals surface area contributed by atoms with E-state index in [1.54, 1.807) is 0 Å². The number of hydrogen-bond donors (Lipinski definition) is 2. The molecule has 0 aromatic heterocycles. The Labute approximate surface area is 92.2 Å². The van der Waals surface area contributed by atoms with Crippen molar-refractivity contribution in [3.05, 3.63) is 32.2 Å².